The molecule has 0 aromatic heterocycles. The van der Waals surface area contributed by atoms with Gasteiger partial charge in [0.2, 0.25) is 21.8 Å². The molecule has 0 spiro atoms. The summed E-state index contributed by atoms with van der Waals surface area (Å²) < 4.78 is 27.8. The van der Waals surface area contributed by atoms with Crippen molar-refractivity contribution in [3.05, 3.63) is 99.5 Å². The number of anilines is 1. The molecule has 3 rings (SSSR count). The van der Waals surface area contributed by atoms with Crippen molar-refractivity contribution >= 4 is 43.5 Å². The summed E-state index contributed by atoms with van der Waals surface area (Å²) >= 11 is 3.45. The smallest absolute Gasteiger partial charge is 0.244 e. The number of halogens is 1. The summed E-state index contributed by atoms with van der Waals surface area (Å²) in [7, 11) is -3.81. The van der Waals surface area contributed by atoms with Crippen LogP contribution in [0.4, 0.5) is 5.69 Å². The maximum absolute atomic E-state index is 14.1. The Hall–Kier alpha value is -3.17. The van der Waals surface area contributed by atoms with Crippen LogP contribution in [-0.2, 0) is 32.6 Å². The highest BCUT2D eigenvalue weighted by molar-refractivity contribution is 9.10. The summed E-state index contributed by atoms with van der Waals surface area (Å²) in [6.45, 7) is 7.45. The highest BCUT2D eigenvalue weighted by atomic mass is 79.9. The molecule has 0 fully saturated rings. The number of carbonyl (C=O) groups excluding carboxylic acids is 2. The summed E-state index contributed by atoms with van der Waals surface area (Å²) in [6.07, 6.45) is 2.11. The third kappa shape index (κ3) is 8.66. The van der Waals surface area contributed by atoms with Crippen LogP contribution in [0.2, 0.25) is 0 Å². The maximum Gasteiger partial charge on any atom is 0.244 e. The minimum atomic E-state index is -3.81. The fourth-order valence-corrected chi connectivity index (χ4v) is 5.49. The van der Waals surface area contributed by atoms with Gasteiger partial charge in [0, 0.05) is 23.5 Å². The zero-order valence-corrected chi connectivity index (χ0v) is 26.1. The van der Waals surface area contributed by atoms with Gasteiger partial charge in [-0.25, -0.2) is 8.42 Å². The summed E-state index contributed by atoms with van der Waals surface area (Å²) in [6, 6.07) is 21.5. The second-order valence-electron chi connectivity index (χ2n) is 10.2. The van der Waals surface area contributed by atoms with Crippen molar-refractivity contribution in [2.45, 2.75) is 59.2 Å². The Morgan fingerprint density at radius 2 is 1.62 bits per heavy atom. The summed E-state index contributed by atoms with van der Waals surface area (Å²) in [5.41, 5.74) is 4.00. The highest BCUT2D eigenvalue weighted by Gasteiger charge is 2.33. The molecule has 0 heterocycles. The largest absolute Gasteiger partial charge is 0.352 e. The van der Waals surface area contributed by atoms with Crippen LogP contribution in [0.3, 0.4) is 0 Å². The minimum absolute atomic E-state index is 0.0834. The molecular formula is C31H38BrN3O4S. The number of sulfonamides is 1. The Morgan fingerprint density at radius 3 is 2.23 bits per heavy atom. The van der Waals surface area contributed by atoms with E-state index in [1.165, 1.54) is 4.90 Å². The first-order valence-corrected chi connectivity index (χ1v) is 16.0. The van der Waals surface area contributed by atoms with E-state index >= 15 is 0 Å². The molecule has 0 aliphatic heterocycles. The fraction of sp³-hybridized carbons (Fsp3) is 0.355. The van der Waals surface area contributed by atoms with E-state index in [0.29, 0.717) is 5.69 Å². The molecule has 40 heavy (non-hydrogen) atoms. The molecule has 0 saturated carbocycles. The third-order valence-electron chi connectivity index (χ3n) is 6.82. The standard InChI is InChI=1S/C31H38BrN3O4S/c1-6-24(4)33-31(37)29(19-25-12-8-7-9-13-25)34(20-26-14-10-11-22(2)17-26)30(36)21-35(40(5,38)39)27-15-16-28(32)23(3)18-27/h7-18,24,29H,6,19-21H2,1-5H3,(H,33,37)/t24-,29+/m1/s1. The van der Waals surface area contributed by atoms with Gasteiger partial charge in [0.05, 0.1) is 11.9 Å². The molecule has 1 N–H and O–H groups in total. The molecule has 2 amide bonds. The molecule has 0 bridgehead atoms. The molecular weight excluding hydrogens is 590 g/mol. The molecule has 9 heteroatoms. The van der Waals surface area contributed by atoms with Crippen molar-refractivity contribution in [1.82, 2.24) is 10.2 Å². The monoisotopic (exact) mass is 627 g/mol. The van der Waals surface area contributed by atoms with E-state index in [1.54, 1.807) is 18.2 Å². The fourth-order valence-electron chi connectivity index (χ4n) is 4.40. The molecule has 7 nitrogen and oxygen atoms in total. The van der Waals surface area contributed by atoms with Crippen LogP contribution in [-0.4, -0.2) is 50.0 Å². The molecule has 0 saturated heterocycles. The predicted molar refractivity (Wildman–Crippen MR) is 165 cm³/mol. The van der Waals surface area contributed by atoms with Crippen molar-refractivity contribution in [3.63, 3.8) is 0 Å². The van der Waals surface area contributed by atoms with Crippen molar-refractivity contribution in [3.8, 4) is 0 Å². The highest BCUT2D eigenvalue weighted by Crippen LogP contribution is 2.25. The van der Waals surface area contributed by atoms with E-state index in [-0.39, 0.29) is 24.9 Å². The van der Waals surface area contributed by atoms with Crippen molar-refractivity contribution < 1.29 is 18.0 Å². The summed E-state index contributed by atoms with van der Waals surface area (Å²) in [5, 5.41) is 3.04. The van der Waals surface area contributed by atoms with Crippen LogP contribution in [0.1, 0.15) is 42.5 Å². The van der Waals surface area contributed by atoms with Crippen LogP contribution >= 0.6 is 15.9 Å². The van der Waals surface area contributed by atoms with E-state index < -0.39 is 28.5 Å². The van der Waals surface area contributed by atoms with Gasteiger partial charge in [-0.05, 0) is 62.1 Å². The van der Waals surface area contributed by atoms with Crippen LogP contribution in [0, 0.1) is 13.8 Å². The lowest BCUT2D eigenvalue weighted by atomic mass is 10.0. The zero-order chi connectivity index (χ0) is 29.4. The van der Waals surface area contributed by atoms with Crippen LogP contribution < -0.4 is 9.62 Å². The lowest BCUT2D eigenvalue weighted by molar-refractivity contribution is -0.140. The second-order valence-corrected chi connectivity index (χ2v) is 13.0. The second kappa shape index (κ2) is 13.9. The Labute approximate surface area is 246 Å². The molecule has 214 valence electrons. The van der Waals surface area contributed by atoms with Gasteiger partial charge in [-0.2, -0.15) is 0 Å². The van der Waals surface area contributed by atoms with Crippen molar-refractivity contribution in [2.75, 3.05) is 17.1 Å². The molecule has 0 aliphatic carbocycles. The zero-order valence-electron chi connectivity index (χ0n) is 23.7. The lowest BCUT2D eigenvalue weighted by Crippen LogP contribution is -2.54. The quantitative estimate of drug-likeness (QED) is 0.292. The molecule has 3 aromatic carbocycles. The van der Waals surface area contributed by atoms with Crippen molar-refractivity contribution in [2.24, 2.45) is 0 Å². The molecule has 0 radical (unpaired) electrons. The number of benzene rings is 3. The van der Waals surface area contributed by atoms with Gasteiger partial charge in [0.1, 0.15) is 12.6 Å². The van der Waals surface area contributed by atoms with Gasteiger partial charge < -0.3 is 10.2 Å². The number of rotatable bonds is 12. The van der Waals surface area contributed by atoms with Gasteiger partial charge in [0.25, 0.3) is 0 Å². The number of nitrogens with one attached hydrogen (secondary N) is 1. The maximum atomic E-state index is 14.1. The number of hydrogen-bond acceptors (Lipinski definition) is 4. The Bertz CT molecular complexity index is 1430. The predicted octanol–water partition coefficient (Wildman–Crippen LogP) is 5.39. The van der Waals surface area contributed by atoms with Crippen LogP contribution in [0.5, 0.6) is 0 Å². The van der Waals surface area contributed by atoms with E-state index in [0.717, 1.165) is 43.7 Å². The topological polar surface area (TPSA) is 86.8 Å². The SMILES string of the molecule is CC[C@@H](C)NC(=O)[C@H](Cc1ccccc1)N(Cc1cccc(C)c1)C(=O)CN(c1ccc(Br)c(C)c1)S(C)(=O)=O. The minimum Gasteiger partial charge on any atom is -0.352 e. The molecule has 0 aliphatic rings. The first-order valence-electron chi connectivity index (χ1n) is 13.3. The van der Waals surface area contributed by atoms with Crippen molar-refractivity contribution in [1.29, 1.82) is 0 Å². The van der Waals surface area contributed by atoms with E-state index in [1.807, 2.05) is 82.3 Å². The van der Waals surface area contributed by atoms with Gasteiger partial charge in [-0.1, -0.05) is 83.0 Å². The number of carbonyl (C=O) groups is 2. The molecule has 3 aromatic rings. The number of aryl methyl sites for hydroxylation is 2. The number of hydrogen-bond donors (Lipinski definition) is 1. The van der Waals surface area contributed by atoms with Gasteiger partial charge in [-0.3, -0.25) is 13.9 Å². The first-order chi connectivity index (χ1) is 18.9. The van der Waals surface area contributed by atoms with Gasteiger partial charge in [-0.15, -0.1) is 0 Å². The van der Waals surface area contributed by atoms with Crippen LogP contribution in [0.15, 0.2) is 77.3 Å². The van der Waals surface area contributed by atoms with E-state index in [9.17, 15) is 18.0 Å². The molecule has 0 unspecified atom stereocenters. The molecule has 2 atom stereocenters. The van der Waals surface area contributed by atoms with E-state index in [2.05, 4.69) is 21.2 Å². The average molecular weight is 629 g/mol. The number of amides is 2. The van der Waals surface area contributed by atoms with Gasteiger partial charge >= 0.3 is 0 Å². The summed E-state index contributed by atoms with van der Waals surface area (Å²) in [4.78, 5) is 29.4. The lowest BCUT2D eigenvalue weighted by Gasteiger charge is -2.34. The Morgan fingerprint density at radius 1 is 0.950 bits per heavy atom. The average Bonchev–Trinajstić information content (AvgIpc) is 2.90. The third-order valence-corrected chi connectivity index (χ3v) is 8.85. The Kier molecular flexibility index (Phi) is 10.9. The first kappa shape index (κ1) is 31.4. The normalized spacial score (nSPS) is 12.8. The van der Waals surface area contributed by atoms with E-state index in [4.69, 9.17) is 0 Å². The van der Waals surface area contributed by atoms with Crippen LogP contribution in [0.25, 0.3) is 0 Å². The number of nitrogens with zero attached hydrogens (tertiary/aromatic N) is 2. The summed E-state index contributed by atoms with van der Waals surface area (Å²) in [5.74, 6) is -0.739. The Balaban J connectivity index is 2.07. The van der Waals surface area contributed by atoms with Gasteiger partial charge in [0.15, 0.2) is 0 Å².